The van der Waals surface area contributed by atoms with E-state index in [1.54, 1.807) is 19.1 Å². The minimum Gasteiger partial charge on any atom is -0.249 e. The van der Waals surface area contributed by atoms with Crippen molar-refractivity contribution in [2.24, 2.45) is 0 Å². The van der Waals surface area contributed by atoms with Crippen molar-refractivity contribution in [3.05, 3.63) is 89.0 Å². The number of halogens is 1. The average molecular weight is 343 g/mol. The number of para-hydroxylation sites is 1. The maximum atomic E-state index is 14.3. The van der Waals surface area contributed by atoms with Crippen LogP contribution in [0.5, 0.6) is 0 Å². The van der Waals surface area contributed by atoms with Gasteiger partial charge in [-0.05, 0) is 43.2 Å². The Kier molecular flexibility index (Phi) is 4.17. The van der Waals surface area contributed by atoms with Gasteiger partial charge in [0.15, 0.2) is 5.82 Å². The highest BCUT2D eigenvalue weighted by Gasteiger charge is 2.10. The number of hydrogen-bond donors (Lipinski definition) is 0. The summed E-state index contributed by atoms with van der Waals surface area (Å²) in [5.41, 5.74) is 4.60. The van der Waals surface area contributed by atoms with E-state index in [-0.39, 0.29) is 5.82 Å². The van der Waals surface area contributed by atoms with E-state index in [9.17, 15) is 4.39 Å². The molecule has 0 atom stereocenters. The molecule has 128 valence electrons. The molecule has 0 aliphatic rings. The molecular formula is C22H18FN3. The summed E-state index contributed by atoms with van der Waals surface area (Å²) >= 11 is 0. The van der Waals surface area contributed by atoms with Crippen LogP contribution in [0.3, 0.4) is 0 Å². The summed E-state index contributed by atoms with van der Waals surface area (Å²) in [5.74, 6) is 0.422. The van der Waals surface area contributed by atoms with Crippen LogP contribution in [0.25, 0.3) is 22.4 Å². The molecule has 4 heteroatoms. The van der Waals surface area contributed by atoms with Gasteiger partial charge in [-0.2, -0.15) is 0 Å². The van der Waals surface area contributed by atoms with Crippen molar-refractivity contribution < 1.29 is 4.39 Å². The first-order valence-electron chi connectivity index (χ1n) is 8.55. The van der Waals surface area contributed by atoms with E-state index >= 15 is 0 Å². The lowest BCUT2D eigenvalue weighted by molar-refractivity contribution is 0.604. The highest BCUT2D eigenvalue weighted by Crippen LogP contribution is 2.21. The van der Waals surface area contributed by atoms with Gasteiger partial charge in [-0.25, -0.2) is 19.3 Å². The highest BCUT2D eigenvalue weighted by atomic mass is 19.1. The van der Waals surface area contributed by atoms with E-state index in [0.717, 1.165) is 22.3 Å². The van der Waals surface area contributed by atoms with Crippen LogP contribution in [-0.4, -0.2) is 15.0 Å². The highest BCUT2D eigenvalue weighted by molar-refractivity contribution is 5.82. The fourth-order valence-corrected chi connectivity index (χ4v) is 3.09. The first-order valence-corrected chi connectivity index (χ1v) is 8.55. The Morgan fingerprint density at radius 2 is 1.62 bits per heavy atom. The molecule has 2 aromatic heterocycles. The zero-order chi connectivity index (χ0) is 18.1. The fourth-order valence-electron chi connectivity index (χ4n) is 3.09. The number of rotatable bonds is 3. The van der Waals surface area contributed by atoms with Crippen LogP contribution in [0, 0.1) is 19.7 Å². The number of benzene rings is 2. The van der Waals surface area contributed by atoms with Crippen LogP contribution < -0.4 is 0 Å². The second-order valence-electron chi connectivity index (χ2n) is 6.39. The molecule has 0 N–H and O–H groups in total. The van der Waals surface area contributed by atoms with Gasteiger partial charge in [0.2, 0.25) is 0 Å². The molecule has 4 aromatic rings. The van der Waals surface area contributed by atoms with Gasteiger partial charge in [-0.3, -0.25) is 0 Å². The van der Waals surface area contributed by atoms with Crippen molar-refractivity contribution in [1.82, 2.24) is 15.0 Å². The third kappa shape index (κ3) is 3.06. The average Bonchev–Trinajstić information content (AvgIpc) is 2.66. The Bertz CT molecular complexity index is 1110. The van der Waals surface area contributed by atoms with Gasteiger partial charge in [0.25, 0.3) is 0 Å². The molecule has 3 nitrogen and oxygen atoms in total. The van der Waals surface area contributed by atoms with Crippen LogP contribution in [0.1, 0.15) is 22.5 Å². The predicted octanol–water partition coefficient (Wildman–Crippen LogP) is 5.04. The predicted molar refractivity (Wildman–Crippen MR) is 101 cm³/mol. The van der Waals surface area contributed by atoms with Gasteiger partial charge in [0, 0.05) is 23.2 Å². The Hall–Kier alpha value is -3.14. The molecule has 0 aliphatic heterocycles. The monoisotopic (exact) mass is 343 g/mol. The Labute approximate surface area is 151 Å². The van der Waals surface area contributed by atoms with E-state index < -0.39 is 0 Å². The first-order chi connectivity index (χ1) is 12.6. The lowest BCUT2D eigenvalue weighted by Gasteiger charge is -2.08. The quantitative estimate of drug-likeness (QED) is 0.523. The Morgan fingerprint density at radius 3 is 2.50 bits per heavy atom. The number of fused-ring (bicyclic) bond motifs is 1. The van der Waals surface area contributed by atoms with Gasteiger partial charge in [-0.15, -0.1) is 0 Å². The normalized spacial score (nSPS) is 11.0. The van der Waals surface area contributed by atoms with Crippen LogP contribution in [0.4, 0.5) is 4.39 Å². The maximum absolute atomic E-state index is 14.3. The maximum Gasteiger partial charge on any atom is 0.178 e. The van der Waals surface area contributed by atoms with Crippen molar-refractivity contribution in [3.8, 4) is 11.5 Å². The SMILES string of the molecule is Cc1cccc(Cc2cccc(-c3nc(C)c4ccccc4n3)n2)c1F. The van der Waals surface area contributed by atoms with Gasteiger partial charge in [0.1, 0.15) is 11.5 Å². The molecule has 0 radical (unpaired) electrons. The lowest BCUT2D eigenvalue weighted by atomic mass is 10.1. The zero-order valence-corrected chi connectivity index (χ0v) is 14.7. The third-order valence-corrected chi connectivity index (χ3v) is 4.47. The van der Waals surface area contributed by atoms with E-state index in [1.807, 2.05) is 55.5 Å². The van der Waals surface area contributed by atoms with Crippen molar-refractivity contribution in [2.75, 3.05) is 0 Å². The molecular weight excluding hydrogens is 325 g/mol. The minimum atomic E-state index is -0.169. The van der Waals surface area contributed by atoms with E-state index in [4.69, 9.17) is 0 Å². The van der Waals surface area contributed by atoms with Crippen molar-refractivity contribution in [3.63, 3.8) is 0 Å². The van der Waals surface area contributed by atoms with Gasteiger partial charge < -0.3 is 0 Å². The summed E-state index contributed by atoms with van der Waals surface area (Å²) in [5, 5.41) is 1.04. The summed E-state index contributed by atoms with van der Waals surface area (Å²) in [4.78, 5) is 13.9. The summed E-state index contributed by atoms with van der Waals surface area (Å²) < 4.78 is 14.3. The van der Waals surface area contributed by atoms with Crippen molar-refractivity contribution in [2.45, 2.75) is 20.3 Å². The van der Waals surface area contributed by atoms with E-state index in [0.29, 0.717) is 29.1 Å². The largest absolute Gasteiger partial charge is 0.249 e. The van der Waals surface area contributed by atoms with Gasteiger partial charge in [-0.1, -0.05) is 42.5 Å². The standard InChI is InChI=1S/C22H18FN3/c1-14-7-5-8-16(21(14)23)13-17-9-6-12-20(25-17)22-24-15(2)18-10-3-4-11-19(18)26-22/h3-12H,13H2,1-2H3. The van der Waals surface area contributed by atoms with Crippen LogP contribution in [0.2, 0.25) is 0 Å². The molecule has 2 heterocycles. The number of aryl methyl sites for hydroxylation is 2. The first kappa shape index (κ1) is 16.3. The summed E-state index contributed by atoms with van der Waals surface area (Å²) in [7, 11) is 0. The Balaban J connectivity index is 1.73. The van der Waals surface area contributed by atoms with Gasteiger partial charge in [0.05, 0.1) is 5.52 Å². The van der Waals surface area contributed by atoms with E-state index in [2.05, 4.69) is 15.0 Å². The van der Waals surface area contributed by atoms with Crippen LogP contribution in [0.15, 0.2) is 60.7 Å². The summed E-state index contributed by atoms with van der Waals surface area (Å²) in [6.07, 6.45) is 0.438. The topological polar surface area (TPSA) is 38.7 Å². The Morgan fingerprint density at radius 1 is 0.808 bits per heavy atom. The van der Waals surface area contributed by atoms with E-state index in [1.165, 1.54) is 0 Å². The molecule has 0 saturated heterocycles. The molecule has 0 amide bonds. The molecule has 0 spiro atoms. The van der Waals surface area contributed by atoms with Crippen LogP contribution in [-0.2, 0) is 6.42 Å². The smallest absolute Gasteiger partial charge is 0.178 e. The number of nitrogens with zero attached hydrogens (tertiary/aromatic N) is 3. The minimum absolute atomic E-state index is 0.169. The zero-order valence-electron chi connectivity index (χ0n) is 14.7. The number of aromatic nitrogens is 3. The number of hydrogen-bond acceptors (Lipinski definition) is 3. The summed E-state index contributed by atoms with van der Waals surface area (Å²) in [6.45, 7) is 3.74. The van der Waals surface area contributed by atoms with Gasteiger partial charge >= 0.3 is 0 Å². The lowest BCUT2D eigenvalue weighted by Crippen LogP contribution is -2.00. The molecule has 0 fully saturated rings. The second-order valence-corrected chi connectivity index (χ2v) is 6.39. The molecule has 0 unspecified atom stereocenters. The van der Waals surface area contributed by atoms with Crippen molar-refractivity contribution >= 4 is 10.9 Å². The fraction of sp³-hybridized carbons (Fsp3) is 0.136. The molecule has 0 saturated carbocycles. The van der Waals surface area contributed by atoms with Crippen molar-refractivity contribution in [1.29, 1.82) is 0 Å². The molecule has 26 heavy (non-hydrogen) atoms. The second kappa shape index (κ2) is 6.64. The molecule has 2 aromatic carbocycles. The van der Waals surface area contributed by atoms with Crippen LogP contribution >= 0.6 is 0 Å². The molecule has 0 aliphatic carbocycles. The molecule has 4 rings (SSSR count). The molecule has 0 bridgehead atoms. The summed E-state index contributed by atoms with van der Waals surface area (Å²) in [6, 6.07) is 19.1. The number of pyridine rings is 1. The third-order valence-electron chi connectivity index (χ3n) is 4.47.